The molecule has 3 heteroatoms. The molecule has 0 bridgehead atoms. The van der Waals surface area contributed by atoms with E-state index < -0.39 is 0 Å². The van der Waals surface area contributed by atoms with Crippen molar-refractivity contribution >= 4 is 15.9 Å². The normalized spacial score (nSPS) is 18.2. The Hall–Kier alpha value is -0.410. The molecule has 0 saturated heterocycles. The predicted molar refractivity (Wildman–Crippen MR) is 58.7 cm³/mol. The molecule has 1 aliphatic carbocycles. The number of halogens is 2. The molecule has 0 unspecified atom stereocenters. The Labute approximate surface area is 91.6 Å². The molecular formula is C11H13BrFN. The Kier molecular flexibility index (Phi) is 2.62. The minimum atomic E-state index is -0.106. The summed E-state index contributed by atoms with van der Waals surface area (Å²) in [5.74, 6) is -0.106. The first kappa shape index (κ1) is 10.1. The zero-order valence-corrected chi connectivity index (χ0v) is 9.48. The fraction of sp³-hybridized carbons (Fsp3) is 0.455. The van der Waals surface area contributed by atoms with Gasteiger partial charge in [-0.05, 0) is 48.9 Å². The van der Waals surface area contributed by atoms with E-state index in [2.05, 4.69) is 15.9 Å². The lowest BCUT2D eigenvalue weighted by atomic mass is 9.92. The third kappa shape index (κ3) is 1.71. The molecule has 2 N–H and O–H groups in total. The molecular weight excluding hydrogens is 245 g/mol. The molecule has 14 heavy (non-hydrogen) atoms. The average Bonchev–Trinajstić information content (AvgIpc) is 2.86. The Balaban J connectivity index is 2.32. The van der Waals surface area contributed by atoms with E-state index in [1.807, 2.05) is 12.1 Å². The van der Waals surface area contributed by atoms with Gasteiger partial charge in [-0.2, -0.15) is 0 Å². The van der Waals surface area contributed by atoms with Crippen LogP contribution in [0.2, 0.25) is 0 Å². The zero-order valence-electron chi connectivity index (χ0n) is 7.89. The van der Waals surface area contributed by atoms with Crippen LogP contribution in [0.5, 0.6) is 0 Å². The number of rotatable bonds is 3. The molecule has 0 aromatic heterocycles. The maximum Gasteiger partial charge on any atom is 0.128 e. The standard InChI is InChI=1S/C11H13BrFN/c12-8-1-2-9(10(13)7-8)11(3-4-11)5-6-14/h1-2,7H,3-6,14H2. The molecule has 1 aromatic rings. The summed E-state index contributed by atoms with van der Waals surface area (Å²) < 4.78 is 14.4. The van der Waals surface area contributed by atoms with Gasteiger partial charge in [0.25, 0.3) is 0 Å². The van der Waals surface area contributed by atoms with Gasteiger partial charge in [0, 0.05) is 4.47 Å². The summed E-state index contributed by atoms with van der Waals surface area (Å²) in [7, 11) is 0. The van der Waals surface area contributed by atoms with Gasteiger partial charge in [0.05, 0.1) is 0 Å². The smallest absolute Gasteiger partial charge is 0.128 e. The van der Waals surface area contributed by atoms with Gasteiger partial charge in [0.15, 0.2) is 0 Å². The van der Waals surface area contributed by atoms with Gasteiger partial charge < -0.3 is 5.73 Å². The largest absolute Gasteiger partial charge is 0.330 e. The van der Waals surface area contributed by atoms with Gasteiger partial charge in [-0.15, -0.1) is 0 Å². The lowest BCUT2D eigenvalue weighted by Gasteiger charge is -2.15. The van der Waals surface area contributed by atoms with Crippen LogP contribution in [0.25, 0.3) is 0 Å². The molecule has 1 fully saturated rings. The van der Waals surface area contributed by atoms with Crippen LogP contribution in [-0.2, 0) is 5.41 Å². The number of hydrogen-bond acceptors (Lipinski definition) is 1. The number of benzene rings is 1. The summed E-state index contributed by atoms with van der Waals surface area (Å²) in [4.78, 5) is 0. The molecule has 1 nitrogen and oxygen atoms in total. The summed E-state index contributed by atoms with van der Waals surface area (Å²) in [5.41, 5.74) is 6.43. The first-order valence-electron chi connectivity index (χ1n) is 4.83. The summed E-state index contributed by atoms with van der Waals surface area (Å²) >= 11 is 3.26. The SMILES string of the molecule is NCCC1(c2ccc(Br)cc2F)CC1. The molecule has 2 rings (SSSR count). The molecule has 76 valence electrons. The monoisotopic (exact) mass is 257 g/mol. The lowest BCUT2D eigenvalue weighted by molar-refractivity contribution is 0.550. The molecule has 0 amide bonds. The van der Waals surface area contributed by atoms with Crippen LogP contribution in [0.4, 0.5) is 4.39 Å². The van der Waals surface area contributed by atoms with Crippen molar-refractivity contribution in [2.45, 2.75) is 24.7 Å². The summed E-state index contributed by atoms with van der Waals surface area (Å²) in [6.45, 7) is 0.634. The molecule has 0 aliphatic heterocycles. The Morgan fingerprint density at radius 2 is 2.14 bits per heavy atom. The van der Waals surface area contributed by atoms with Crippen molar-refractivity contribution in [1.82, 2.24) is 0 Å². The molecule has 1 saturated carbocycles. The molecule has 0 atom stereocenters. The van der Waals surface area contributed by atoms with Gasteiger partial charge in [-0.1, -0.05) is 22.0 Å². The van der Waals surface area contributed by atoms with Gasteiger partial charge >= 0.3 is 0 Å². The van der Waals surface area contributed by atoms with Crippen LogP contribution < -0.4 is 5.73 Å². The van der Waals surface area contributed by atoms with E-state index in [0.717, 1.165) is 29.3 Å². The van der Waals surface area contributed by atoms with Crippen molar-refractivity contribution in [2.75, 3.05) is 6.54 Å². The van der Waals surface area contributed by atoms with Crippen molar-refractivity contribution in [3.05, 3.63) is 34.1 Å². The molecule has 0 radical (unpaired) electrons. The van der Waals surface area contributed by atoms with E-state index in [1.165, 1.54) is 6.07 Å². The quantitative estimate of drug-likeness (QED) is 0.886. The van der Waals surface area contributed by atoms with E-state index >= 15 is 0 Å². The highest BCUT2D eigenvalue weighted by Gasteiger charge is 2.44. The second kappa shape index (κ2) is 3.63. The van der Waals surface area contributed by atoms with Gasteiger partial charge in [0.1, 0.15) is 5.82 Å². The second-order valence-electron chi connectivity index (χ2n) is 3.94. The van der Waals surface area contributed by atoms with Gasteiger partial charge in [-0.25, -0.2) is 4.39 Å². The van der Waals surface area contributed by atoms with Crippen LogP contribution >= 0.6 is 15.9 Å². The summed E-state index contributed by atoms with van der Waals surface area (Å²) in [6, 6.07) is 5.31. The van der Waals surface area contributed by atoms with E-state index in [1.54, 1.807) is 0 Å². The third-order valence-electron chi connectivity index (χ3n) is 2.98. The van der Waals surface area contributed by atoms with Crippen molar-refractivity contribution in [1.29, 1.82) is 0 Å². The fourth-order valence-corrected chi connectivity index (χ4v) is 2.33. The Morgan fingerprint density at radius 1 is 1.43 bits per heavy atom. The summed E-state index contributed by atoms with van der Waals surface area (Å²) in [6.07, 6.45) is 3.04. The van der Waals surface area contributed by atoms with Crippen molar-refractivity contribution < 1.29 is 4.39 Å². The molecule has 0 spiro atoms. The predicted octanol–water partition coefficient (Wildman–Crippen LogP) is 2.97. The number of hydrogen-bond donors (Lipinski definition) is 1. The van der Waals surface area contributed by atoms with Gasteiger partial charge in [0.2, 0.25) is 0 Å². The molecule has 1 aliphatic rings. The topological polar surface area (TPSA) is 26.0 Å². The minimum Gasteiger partial charge on any atom is -0.330 e. The van der Waals surface area contributed by atoms with Crippen molar-refractivity contribution in [2.24, 2.45) is 5.73 Å². The first-order valence-corrected chi connectivity index (χ1v) is 5.63. The van der Waals surface area contributed by atoms with E-state index in [0.29, 0.717) is 6.54 Å². The first-order chi connectivity index (χ1) is 6.68. The lowest BCUT2D eigenvalue weighted by Crippen LogP contribution is -2.14. The Morgan fingerprint density at radius 3 is 2.64 bits per heavy atom. The van der Waals surface area contributed by atoms with E-state index in [-0.39, 0.29) is 11.2 Å². The highest BCUT2D eigenvalue weighted by Crippen LogP contribution is 2.51. The van der Waals surface area contributed by atoms with Crippen LogP contribution in [0.3, 0.4) is 0 Å². The highest BCUT2D eigenvalue weighted by atomic mass is 79.9. The van der Waals surface area contributed by atoms with E-state index in [4.69, 9.17) is 5.73 Å². The zero-order chi connectivity index (χ0) is 10.2. The number of nitrogens with two attached hydrogens (primary N) is 1. The van der Waals surface area contributed by atoms with E-state index in [9.17, 15) is 4.39 Å². The summed E-state index contributed by atoms with van der Waals surface area (Å²) in [5, 5.41) is 0. The van der Waals surface area contributed by atoms with Crippen molar-refractivity contribution in [3.8, 4) is 0 Å². The van der Waals surface area contributed by atoms with Crippen LogP contribution in [-0.4, -0.2) is 6.54 Å². The minimum absolute atomic E-state index is 0.0551. The maximum atomic E-state index is 13.6. The second-order valence-corrected chi connectivity index (χ2v) is 4.86. The van der Waals surface area contributed by atoms with Crippen LogP contribution in [0.1, 0.15) is 24.8 Å². The fourth-order valence-electron chi connectivity index (χ4n) is 2.00. The highest BCUT2D eigenvalue weighted by molar-refractivity contribution is 9.10. The van der Waals surface area contributed by atoms with Gasteiger partial charge in [-0.3, -0.25) is 0 Å². The van der Waals surface area contributed by atoms with Crippen LogP contribution in [0, 0.1) is 5.82 Å². The van der Waals surface area contributed by atoms with Crippen molar-refractivity contribution in [3.63, 3.8) is 0 Å². The average molecular weight is 258 g/mol. The third-order valence-corrected chi connectivity index (χ3v) is 3.47. The van der Waals surface area contributed by atoms with Crippen LogP contribution in [0.15, 0.2) is 22.7 Å². The maximum absolute atomic E-state index is 13.6. The Bertz CT molecular complexity index is 347. The molecule has 0 heterocycles. The molecule has 1 aromatic carbocycles.